The Morgan fingerprint density at radius 1 is 1.27 bits per heavy atom. The summed E-state index contributed by atoms with van der Waals surface area (Å²) >= 11 is 6.02. The molecule has 116 valence electrons. The van der Waals surface area contributed by atoms with Gasteiger partial charge in [0.2, 0.25) is 0 Å². The number of piperidine rings is 1. The van der Waals surface area contributed by atoms with Gasteiger partial charge in [0.05, 0.1) is 11.2 Å². The first kappa shape index (κ1) is 15.3. The lowest BCUT2D eigenvalue weighted by atomic mass is 10.1. The normalized spacial score (nSPS) is 16.0. The van der Waals surface area contributed by atoms with Gasteiger partial charge in [0, 0.05) is 48.2 Å². The minimum atomic E-state index is 0.701. The predicted octanol–water partition coefficient (Wildman–Crippen LogP) is 4.16. The molecule has 3 rings (SSSR count). The molecule has 1 aliphatic rings. The molecular formula is C17H21ClN4. The van der Waals surface area contributed by atoms with Crippen LogP contribution >= 0.6 is 11.6 Å². The molecule has 0 bridgehead atoms. The van der Waals surface area contributed by atoms with Crippen molar-refractivity contribution in [2.75, 3.05) is 25.1 Å². The van der Waals surface area contributed by atoms with Crippen LogP contribution in [0.4, 0.5) is 5.69 Å². The zero-order chi connectivity index (χ0) is 15.4. The zero-order valence-corrected chi connectivity index (χ0v) is 13.6. The Morgan fingerprint density at radius 3 is 2.86 bits per heavy atom. The monoisotopic (exact) mass is 316 g/mol. The van der Waals surface area contributed by atoms with Crippen molar-refractivity contribution in [3.05, 3.63) is 35.5 Å². The van der Waals surface area contributed by atoms with E-state index in [-0.39, 0.29) is 0 Å². The minimum Gasteiger partial charge on any atom is -0.303 e. The van der Waals surface area contributed by atoms with E-state index in [1.807, 2.05) is 24.3 Å². The van der Waals surface area contributed by atoms with Crippen LogP contribution in [-0.2, 0) is 0 Å². The summed E-state index contributed by atoms with van der Waals surface area (Å²) < 4.78 is 0. The Kier molecular flexibility index (Phi) is 4.90. The number of halogens is 1. The van der Waals surface area contributed by atoms with E-state index in [1.54, 1.807) is 6.20 Å². The van der Waals surface area contributed by atoms with E-state index in [0.29, 0.717) is 5.02 Å². The first-order valence-corrected chi connectivity index (χ1v) is 8.22. The maximum absolute atomic E-state index is 6.02. The minimum absolute atomic E-state index is 0.701. The van der Waals surface area contributed by atoms with Crippen molar-refractivity contribution in [2.24, 2.45) is 5.10 Å². The summed E-state index contributed by atoms with van der Waals surface area (Å²) in [4.78, 5) is 6.85. The summed E-state index contributed by atoms with van der Waals surface area (Å²) in [6, 6.07) is 7.69. The molecule has 0 amide bonds. The number of benzene rings is 1. The number of pyridine rings is 1. The van der Waals surface area contributed by atoms with Crippen LogP contribution in [0.15, 0.2) is 35.6 Å². The van der Waals surface area contributed by atoms with Gasteiger partial charge in [-0.25, -0.2) is 0 Å². The molecule has 0 aliphatic carbocycles. The molecule has 5 heteroatoms. The van der Waals surface area contributed by atoms with Crippen LogP contribution < -0.4 is 5.43 Å². The molecule has 1 saturated heterocycles. The van der Waals surface area contributed by atoms with Crippen molar-refractivity contribution in [2.45, 2.75) is 26.2 Å². The topological polar surface area (TPSA) is 40.5 Å². The van der Waals surface area contributed by atoms with E-state index in [0.717, 1.165) is 42.5 Å². The van der Waals surface area contributed by atoms with Crippen molar-refractivity contribution >= 4 is 33.9 Å². The highest BCUT2D eigenvalue weighted by Crippen LogP contribution is 2.24. The molecule has 0 saturated carbocycles. The van der Waals surface area contributed by atoms with Crippen LogP contribution in [0.1, 0.15) is 26.2 Å². The Hall–Kier alpha value is -1.65. The summed E-state index contributed by atoms with van der Waals surface area (Å²) in [6.07, 6.45) is 5.09. The molecule has 0 radical (unpaired) electrons. The molecule has 0 unspecified atom stereocenters. The second-order valence-electron chi connectivity index (χ2n) is 5.65. The van der Waals surface area contributed by atoms with Gasteiger partial charge in [-0.15, -0.1) is 0 Å². The van der Waals surface area contributed by atoms with Crippen molar-refractivity contribution < 1.29 is 0 Å². The molecule has 2 aromatic rings. The van der Waals surface area contributed by atoms with Gasteiger partial charge in [0.1, 0.15) is 0 Å². The average Bonchev–Trinajstić information content (AvgIpc) is 2.54. The van der Waals surface area contributed by atoms with Crippen LogP contribution in [0.5, 0.6) is 0 Å². The molecule has 1 aromatic heterocycles. The summed E-state index contributed by atoms with van der Waals surface area (Å²) in [7, 11) is 0. The largest absolute Gasteiger partial charge is 0.303 e. The third-order valence-corrected chi connectivity index (χ3v) is 4.25. The third-order valence-electron chi connectivity index (χ3n) is 4.01. The van der Waals surface area contributed by atoms with Gasteiger partial charge in [-0.3, -0.25) is 10.4 Å². The van der Waals surface area contributed by atoms with Crippen LogP contribution in [0.3, 0.4) is 0 Å². The van der Waals surface area contributed by atoms with Crippen LogP contribution in [0, 0.1) is 0 Å². The van der Waals surface area contributed by atoms with E-state index >= 15 is 0 Å². The number of hydrogen-bond acceptors (Lipinski definition) is 4. The fraction of sp³-hybridized carbons (Fsp3) is 0.412. The van der Waals surface area contributed by atoms with Crippen LogP contribution in [0.25, 0.3) is 10.9 Å². The van der Waals surface area contributed by atoms with Gasteiger partial charge in [-0.2, -0.15) is 5.10 Å². The molecule has 0 atom stereocenters. The molecule has 1 aliphatic heterocycles. The number of hydrazone groups is 1. The molecular weight excluding hydrogens is 296 g/mol. The van der Waals surface area contributed by atoms with Gasteiger partial charge < -0.3 is 4.90 Å². The highest BCUT2D eigenvalue weighted by atomic mass is 35.5. The summed E-state index contributed by atoms with van der Waals surface area (Å²) in [5.74, 6) is 0. The first-order valence-electron chi connectivity index (χ1n) is 7.84. The highest BCUT2D eigenvalue weighted by molar-refractivity contribution is 6.31. The Balaban J connectivity index is 1.70. The zero-order valence-electron chi connectivity index (χ0n) is 12.8. The maximum atomic E-state index is 6.02. The smallest absolute Gasteiger partial charge is 0.0738 e. The van der Waals surface area contributed by atoms with E-state index in [1.165, 1.54) is 18.7 Å². The summed E-state index contributed by atoms with van der Waals surface area (Å²) in [6.45, 7) is 5.64. The van der Waals surface area contributed by atoms with Crippen LogP contribution in [0.2, 0.25) is 5.02 Å². The fourth-order valence-electron chi connectivity index (χ4n) is 2.82. The number of nitrogens with zero attached hydrogens (tertiary/aromatic N) is 3. The van der Waals surface area contributed by atoms with Gasteiger partial charge in [-0.1, -0.05) is 18.5 Å². The lowest BCUT2D eigenvalue weighted by Crippen LogP contribution is -2.34. The van der Waals surface area contributed by atoms with E-state index in [2.05, 4.69) is 27.3 Å². The van der Waals surface area contributed by atoms with E-state index in [9.17, 15) is 0 Å². The van der Waals surface area contributed by atoms with E-state index in [4.69, 9.17) is 11.6 Å². The Labute approximate surface area is 136 Å². The standard InChI is InChI=1S/C17H21ClN4/c1-2-9-22-10-6-14(7-11-22)20-21-16-5-8-19-17-12-13(18)3-4-15(16)17/h3-5,8,12H,2,6-7,9-11H2,1H3,(H,19,21). The molecule has 1 aromatic carbocycles. The Morgan fingerprint density at radius 2 is 2.09 bits per heavy atom. The number of hydrogen-bond donors (Lipinski definition) is 1. The number of fused-ring (bicyclic) bond motifs is 1. The number of likely N-dealkylation sites (tertiary alicyclic amines) is 1. The second kappa shape index (κ2) is 7.07. The molecule has 0 spiro atoms. The van der Waals surface area contributed by atoms with Crippen molar-refractivity contribution in [3.63, 3.8) is 0 Å². The lowest BCUT2D eigenvalue weighted by Gasteiger charge is -2.26. The second-order valence-corrected chi connectivity index (χ2v) is 6.09. The number of rotatable bonds is 4. The molecule has 1 fully saturated rings. The van der Waals surface area contributed by atoms with Crippen molar-refractivity contribution in [1.29, 1.82) is 0 Å². The van der Waals surface area contributed by atoms with Gasteiger partial charge in [0.15, 0.2) is 0 Å². The number of aromatic nitrogens is 1. The highest BCUT2D eigenvalue weighted by Gasteiger charge is 2.14. The summed E-state index contributed by atoms with van der Waals surface area (Å²) in [5.41, 5.74) is 6.31. The SMILES string of the molecule is CCCN1CCC(=NNc2ccnc3cc(Cl)ccc23)CC1. The first-order chi connectivity index (χ1) is 10.8. The van der Waals surface area contributed by atoms with Crippen molar-refractivity contribution in [1.82, 2.24) is 9.88 Å². The number of anilines is 1. The van der Waals surface area contributed by atoms with Gasteiger partial charge in [-0.05, 0) is 37.2 Å². The molecule has 4 nitrogen and oxygen atoms in total. The quantitative estimate of drug-likeness (QED) is 0.861. The number of nitrogens with one attached hydrogen (secondary N) is 1. The van der Waals surface area contributed by atoms with E-state index < -0.39 is 0 Å². The third kappa shape index (κ3) is 3.57. The van der Waals surface area contributed by atoms with Crippen LogP contribution in [-0.4, -0.2) is 35.2 Å². The molecule has 2 heterocycles. The van der Waals surface area contributed by atoms with Gasteiger partial charge in [0.25, 0.3) is 0 Å². The fourth-order valence-corrected chi connectivity index (χ4v) is 2.99. The predicted molar refractivity (Wildman–Crippen MR) is 93.8 cm³/mol. The molecule has 1 N–H and O–H groups in total. The van der Waals surface area contributed by atoms with Crippen molar-refractivity contribution in [3.8, 4) is 0 Å². The lowest BCUT2D eigenvalue weighted by molar-refractivity contribution is 0.275. The average molecular weight is 317 g/mol. The Bertz CT molecular complexity index is 673. The summed E-state index contributed by atoms with van der Waals surface area (Å²) in [5, 5.41) is 6.34. The van der Waals surface area contributed by atoms with Gasteiger partial charge >= 0.3 is 0 Å². The molecule has 22 heavy (non-hydrogen) atoms. The maximum Gasteiger partial charge on any atom is 0.0738 e.